The van der Waals surface area contributed by atoms with Gasteiger partial charge in [-0.3, -0.25) is 4.99 Å². The zero-order valence-corrected chi connectivity index (χ0v) is 15.8. The third kappa shape index (κ3) is 7.40. The Kier molecular flexibility index (Phi) is 9.99. The molecule has 0 amide bonds. The number of nitrogens with zero attached hydrogens (tertiary/aromatic N) is 1. The van der Waals surface area contributed by atoms with Crippen LogP contribution in [0.4, 0.5) is 0 Å². The topological polar surface area (TPSA) is 12.4 Å². The van der Waals surface area contributed by atoms with E-state index in [0.29, 0.717) is 0 Å². The molecule has 0 radical (unpaired) electrons. The molecule has 0 spiro atoms. The van der Waals surface area contributed by atoms with Crippen LogP contribution in [-0.2, 0) is 0 Å². The molecule has 2 atom stereocenters. The Balaban J connectivity index is 2.04. The Labute approximate surface area is 145 Å². The number of hydrogen-bond donors (Lipinski definition) is 0. The van der Waals surface area contributed by atoms with Crippen LogP contribution in [0.15, 0.2) is 4.99 Å². The fourth-order valence-corrected chi connectivity index (χ4v) is 4.75. The van der Waals surface area contributed by atoms with Crippen molar-refractivity contribution in [1.82, 2.24) is 0 Å². The van der Waals surface area contributed by atoms with Gasteiger partial charge >= 0.3 is 0 Å². The van der Waals surface area contributed by atoms with E-state index in [2.05, 4.69) is 6.92 Å². The second kappa shape index (κ2) is 12.1. The molecule has 1 aliphatic carbocycles. The minimum absolute atomic E-state index is 0.817. The molecule has 134 valence electrons. The molecule has 1 fully saturated rings. The molecule has 0 saturated heterocycles. The predicted octanol–water partition coefficient (Wildman–Crippen LogP) is 7.34. The van der Waals surface area contributed by atoms with Crippen LogP contribution in [0.3, 0.4) is 0 Å². The van der Waals surface area contributed by atoms with Crippen molar-refractivity contribution in [3.05, 3.63) is 0 Å². The highest BCUT2D eigenvalue weighted by Gasteiger charge is 2.24. The van der Waals surface area contributed by atoms with Gasteiger partial charge in [0.2, 0.25) is 0 Å². The van der Waals surface area contributed by atoms with E-state index >= 15 is 0 Å². The summed E-state index contributed by atoms with van der Waals surface area (Å²) in [5, 5.41) is 0. The van der Waals surface area contributed by atoms with Gasteiger partial charge in [0.25, 0.3) is 0 Å². The van der Waals surface area contributed by atoms with Crippen molar-refractivity contribution in [3.8, 4) is 0 Å². The summed E-state index contributed by atoms with van der Waals surface area (Å²) in [5.41, 5.74) is 1.64. The van der Waals surface area contributed by atoms with Crippen molar-refractivity contribution in [3.63, 3.8) is 0 Å². The van der Waals surface area contributed by atoms with E-state index in [-0.39, 0.29) is 0 Å². The molecule has 1 saturated carbocycles. The fourth-order valence-electron chi connectivity index (χ4n) is 4.75. The zero-order valence-electron chi connectivity index (χ0n) is 15.8. The summed E-state index contributed by atoms with van der Waals surface area (Å²) in [6, 6.07) is 0. The Hall–Kier alpha value is -0.330. The van der Waals surface area contributed by atoms with Gasteiger partial charge in [-0.2, -0.15) is 0 Å². The van der Waals surface area contributed by atoms with Gasteiger partial charge in [-0.05, 0) is 43.9 Å². The van der Waals surface area contributed by atoms with Crippen LogP contribution in [0.25, 0.3) is 0 Å². The van der Waals surface area contributed by atoms with Crippen LogP contribution < -0.4 is 0 Å². The first kappa shape index (κ1) is 19.0. The highest BCUT2D eigenvalue weighted by Crippen LogP contribution is 2.32. The summed E-state index contributed by atoms with van der Waals surface area (Å²) in [6.45, 7) is 3.54. The lowest BCUT2D eigenvalue weighted by molar-refractivity contribution is 0.339. The quantitative estimate of drug-likeness (QED) is 0.505. The van der Waals surface area contributed by atoms with Gasteiger partial charge in [0.1, 0.15) is 0 Å². The van der Waals surface area contributed by atoms with Crippen LogP contribution in [-0.4, -0.2) is 12.3 Å². The molecular formula is C22H41N. The second-order valence-corrected chi connectivity index (χ2v) is 8.07. The minimum Gasteiger partial charge on any atom is -0.294 e. The average Bonchev–Trinajstić information content (AvgIpc) is 2.64. The van der Waals surface area contributed by atoms with Crippen molar-refractivity contribution in [2.75, 3.05) is 6.54 Å². The van der Waals surface area contributed by atoms with Gasteiger partial charge in [-0.1, -0.05) is 84.0 Å². The average molecular weight is 320 g/mol. The molecular weight excluding hydrogens is 278 g/mol. The molecule has 1 aliphatic heterocycles. The fraction of sp³-hybridized carbons (Fsp3) is 0.955. The Morgan fingerprint density at radius 3 is 1.96 bits per heavy atom. The largest absolute Gasteiger partial charge is 0.294 e. The van der Waals surface area contributed by atoms with Gasteiger partial charge in [0.15, 0.2) is 0 Å². The molecule has 0 N–H and O–H groups in total. The van der Waals surface area contributed by atoms with Crippen LogP contribution in [0.1, 0.15) is 116 Å². The summed E-state index contributed by atoms with van der Waals surface area (Å²) in [5.74, 6) is 1.73. The molecule has 0 aromatic rings. The van der Waals surface area contributed by atoms with Crippen LogP contribution in [0.2, 0.25) is 0 Å². The predicted molar refractivity (Wildman–Crippen MR) is 103 cm³/mol. The van der Waals surface area contributed by atoms with E-state index in [4.69, 9.17) is 4.99 Å². The molecule has 1 heteroatoms. The maximum absolute atomic E-state index is 5.17. The highest BCUT2D eigenvalue weighted by molar-refractivity contribution is 5.87. The zero-order chi connectivity index (χ0) is 16.2. The van der Waals surface area contributed by atoms with Gasteiger partial charge in [0.05, 0.1) is 0 Å². The van der Waals surface area contributed by atoms with Crippen molar-refractivity contribution in [2.45, 2.75) is 116 Å². The lowest BCUT2D eigenvalue weighted by atomic mass is 9.78. The Morgan fingerprint density at radius 1 is 0.696 bits per heavy atom. The third-order valence-corrected chi connectivity index (χ3v) is 6.27. The molecule has 0 aromatic carbocycles. The van der Waals surface area contributed by atoms with Gasteiger partial charge in [0, 0.05) is 12.3 Å². The van der Waals surface area contributed by atoms with Gasteiger partial charge < -0.3 is 0 Å². The maximum atomic E-state index is 5.17. The molecule has 1 nitrogen and oxygen atoms in total. The lowest BCUT2D eigenvalue weighted by Crippen LogP contribution is -2.25. The van der Waals surface area contributed by atoms with Crippen molar-refractivity contribution in [2.24, 2.45) is 16.8 Å². The lowest BCUT2D eigenvalue weighted by Gasteiger charge is -2.28. The number of rotatable bonds is 2. The van der Waals surface area contributed by atoms with Gasteiger partial charge in [-0.25, -0.2) is 0 Å². The number of hydrogen-bond acceptors (Lipinski definition) is 1. The normalized spacial score (nSPS) is 32.3. The van der Waals surface area contributed by atoms with E-state index in [0.717, 1.165) is 18.4 Å². The summed E-state index contributed by atoms with van der Waals surface area (Å²) >= 11 is 0. The molecule has 2 aliphatic rings. The minimum atomic E-state index is 0.817. The molecule has 1 heterocycles. The maximum Gasteiger partial charge on any atom is 0.0388 e. The van der Waals surface area contributed by atoms with E-state index in [1.165, 1.54) is 109 Å². The SMILES string of the molecule is CCC1CCCCCCCCCC1/C1=N/CCCCCCCC1. The Morgan fingerprint density at radius 2 is 1.26 bits per heavy atom. The monoisotopic (exact) mass is 319 g/mol. The van der Waals surface area contributed by atoms with Crippen molar-refractivity contribution >= 4 is 5.71 Å². The van der Waals surface area contributed by atoms with Crippen LogP contribution in [0.5, 0.6) is 0 Å². The van der Waals surface area contributed by atoms with E-state index in [1.807, 2.05) is 0 Å². The third-order valence-electron chi connectivity index (χ3n) is 6.27. The highest BCUT2D eigenvalue weighted by atomic mass is 14.7. The number of aliphatic imine (C=N–C) groups is 1. The summed E-state index contributed by atoms with van der Waals surface area (Å²) in [4.78, 5) is 5.17. The first-order valence-electron chi connectivity index (χ1n) is 10.9. The van der Waals surface area contributed by atoms with Crippen molar-refractivity contribution in [1.29, 1.82) is 0 Å². The molecule has 2 unspecified atom stereocenters. The van der Waals surface area contributed by atoms with Crippen LogP contribution in [0, 0.1) is 11.8 Å². The first-order chi connectivity index (χ1) is 11.4. The van der Waals surface area contributed by atoms with Crippen LogP contribution >= 0.6 is 0 Å². The summed E-state index contributed by atoms with van der Waals surface area (Å²) in [7, 11) is 0. The van der Waals surface area contributed by atoms with Gasteiger partial charge in [-0.15, -0.1) is 0 Å². The smallest absolute Gasteiger partial charge is 0.0388 e. The molecule has 23 heavy (non-hydrogen) atoms. The van der Waals surface area contributed by atoms with Crippen molar-refractivity contribution < 1.29 is 0 Å². The Bertz CT molecular complexity index is 320. The molecule has 0 bridgehead atoms. The van der Waals surface area contributed by atoms with E-state index in [9.17, 15) is 0 Å². The van der Waals surface area contributed by atoms with E-state index < -0.39 is 0 Å². The first-order valence-corrected chi connectivity index (χ1v) is 10.9. The summed E-state index contributed by atoms with van der Waals surface area (Å²) < 4.78 is 0. The standard InChI is InChI=1S/C22H41N/c1-2-20-16-12-8-4-3-5-9-13-17-21(20)22-18-14-10-6-7-11-15-19-23-22/h20-21H,2-19H2,1H3/b23-22+. The second-order valence-electron chi connectivity index (χ2n) is 8.07. The molecule has 2 rings (SSSR count). The van der Waals surface area contributed by atoms with E-state index in [1.54, 1.807) is 5.71 Å². The molecule has 0 aromatic heterocycles. The summed E-state index contributed by atoms with van der Waals surface area (Å²) in [6.07, 6.45) is 24.3.